The second-order valence-corrected chi connectivity index (χ2v) is 7.37. The molecule has 0 aliphatic heterocycles. The lowest BCUT2D eigenvalue weighted by atomic mass is 9.83. The van der Waals surface area contributed by atoms with Crippen molar-refractivity contribution in [3.05, 3.63) is 19.8 Å². The van der Waals surface area contributed by atoms with Gasteiger partial charge in [-0.25, -0.2) is 0 Å². The first-order chi connectivity index (χ1) is 8.20. The van der Waals surface area contributed by atoms with Crippen LogP contribution in [0.2, 0.25) is 4.34 Å². The Morgan fingerprint density at radius 2 is 2.24 bits per heavy atom. The van der Waals surface area contributed by atoms with Gasteiger partial charge in [0.25, 0.3) is 0 Å². The van der Waals surface area contributed by atoms with Gasteiger partial charge < -0.3 is 5.32 Å². The molecule has 1 heterocycles. The standard InChI is InChI=1S/C13H19BrClNS/c1-2-9-5-3-4-6-12(9)16-8-10-7-11(14)13(15)17-10/h7,9,12,16H,2-6,8H2,1H3. The second-order valence-electron chi connectivity index (χ2n) is 4.77. The number of nitrogens with one attached hydrogen (secondary N) is 1. The van der Waals surface area contributed by atoms with Gasteiger partial charge in [-0.3, -0.25) is 0 Å². The summed E-state index contributed by atoms with van der Waals surface area (Å²) in [5.74, 6) is 0.864. The zero-order valence-corrected chi connectivity index (χ0v) is 13.3. The molecule has 0 bridgehead atoms. The summed E-state index contributed by atoms with van der Waals surface area (Å²) in [6.45, 7) is 3.26. The summed E-state index contributed by atoms with van der Waals surface area (Å²) >= 11 is 11.2. The molecular weight excluding hydrogens is 318 g/mol. The average Bonchev–Trinajstić information content (AvgIpc) is 2.66. The van der Waals surface area contributed by atoms with Gasteiger partial charge in [0.2, 0.25) is 0 Å². The van der Waals surface area contributed by atoms with Crippen molar-refractivity contribution >= 4 is 38.9 Å². The van der Waals surface area contributed by atoms with Gasteiger partial charge in [-0.15, -0.1) is 11.3 Å². The quantitative estimate of drug-likeness (QED) is 0.794. The zero-order chi connectivity index (χ0) is 12.3. The summed E-state index contributed by atoms with van der Waals surface area (Å²) < 4.78 is 1.88. The zero-order valence-electron chi connectivity index (χ0n) is 10.1. The molecule has 1 fully saturated rings. The van der Waals surface area contributed by atoms with E-state index in [9.17, 15) is 0 Å². The van der Waals surface area contributed by atoms with Crippen LogP contribution >= 0.6 is 38.9 Å². The number of hydrogen-bond acceptors (Lipinski definition) is 2. The van der Waals surface area contributed by atoms with Crippen molar-refractivity contribution in [1.29, 1.82) is 0 Å². The van der Waals surface area contributed by atoms with Gasteiger partial charge in [0, 0.05) is 21.9 Å². The minimum Gasteiger partial charge on any atom is -0.309 e. The molecule has 1 nitrogen and oxygen atoms in total. The van der Waals surface area contributed by atoms with Crippen molar-refractivity contribution in [2.24, 2.45) is 5.92 Å². The topological polar surface area (TPSA) is 12.0 Å². The molecular formula is C13H19BrClNS. The molecule has 2 atom stereocenters. The van der Waals surface area contributed by atoms with Crippen LogP contribution in [0.5, 0.6) is 0 Å². The maximum atomic E-state index is 6.05. The Kier molecular flexibility index (Phi) is 5.34. The summed E-state index contributed by atoms with van der Waals surface area (Å²) in [4.78, 5) is 1.32. The van der Waals surface area contributed by atoms with Gasteiger partial charge in [0.05, 0.1) is 0 Å². The third-order valence-electron chi connectivity index (χ3n) is 3.67. The highest BCUT2D eigenvalue weighted by Gasteiger charge is 2.23. The molecule has 17 heavy (non-hydrogen) atoms. The fourth-order valence-electron chi connectivity index (χ4n) is 2.68. The van der Waals surface area contributed by atoms with Crippen molar-refractivity contribution in [1.82, 2.24) is 5.32 Å². The average molecular weight is 337 g/mol. The second kappa shape index (κ2) is 6.55. The van der Waals surface area contributed by atoms with E-state index < -0.39 is 0 Å². The van der Waals surface area contributed by atoms with Gasteiger partial charge in [0.15, 0.2) is 0 Å². The summed E-state index contributed by atoms with van der Waals surface area (Å²) in [5, 5.41) is 3.71. The molecule has 2 rings (SSSR count). The first-order valence-electron chi connectivity index (χ1n) is 6.37. The maximum absolute atomic E-state index is 6.05. The van der Waals surface area contributed by atoms with E-state index in [2.05, 4.69) is 34.2 Å². The molecule has 0 aromatic carbocycles. The van der Waals surface area contributed by atoms with Crippen LogP contribution in [0.25, 0.3) is 0 Å². The summed E-state index contributed by atoms with van der Waals surface area (Å²) in [6.07, 6.45) is 6.81. The van der Waals surface area contributed by atoms with E-state index in [0.717, 1.165) is 21.3 Å². The number of rotatable bonds is 4. The van der Waals surface area contributed by atoms with Crippen molar-refractivity contribution in [2.75, 3.05) is 0 Å². The van der Waals surface area contributed by atoms with Crippen molar-refractivity contribution in [3.8, 4) is 0 Å². The van der Waals surface area contributed by atoms with Gasteiger partial charge >= 0.3 is 0 Å². The van der Waals surface area contributed by atoms with Crippen LogP contribution in [0, 0.1) is 5.92 Å². The third kappa shape index (κ3) is 3.69. The van der Waals surface area contributed by atoms with E-state index >= 15 is 0 Å². The molecule has 1 aromatic rings. The van der Waals surface area contributed by atoms with E-state index in [1.807, 2.05) is 0 Å². The minimum atomic E-state index is 0.702. The van der Waals surface area contributed by atoms with E-state index in [1.54, 1.807) is 11.3 Å². The van der Waals surface area contributed by atoms with Crippen LogP contribution in [-0.4, -0.2) is 6.04 Å². The van der Waals surface area contributed by atoms with Crippen LogP contribution in [0.1, 0.15) is 43.9 Å². The summed E-state index contributed by atoms with van der Waals surface area (Å²) in [6, 6.07) is 2.83. The maximum Gasteiger partial charge on any atom is 0.107 e. The lowest BCUT2D eigenvalue weighted by Crippen LogP contribution is -2.37. The van der Waals surface area contributed by atoms with E-state index in [0.29, 0.717) is 6.04 Å². The highest BCUT2D eigenvalue weighted by molar-refractivity contribution is 9.10. The van der Waals surface area contributed by atoms with E-state index in [4.69, 9.17) is 11.6 Å². The molecule has 2 unspecified atom stereocenters. The highest BCUT2D eigenvalue weighted by Crippen LogP contribution is 2.32. The van der Waals surface area contributed by atoms with E-state index in [-0.39, 0.29) is 0 Å². The predicted molar refractivity (Wildman–Crippen MR) is 79.9 cm³/mol. The molecule has 1 aliphatic carbocycles. The van der Waals surface area contributed by atoms with Crippen molar-refractivity contribution in [3.63, 3.8) is 0 Å². The fraction of sp³-hybridized carbons (Fsp3) is 0.692. The Bertz CT molecular complexity index is 347. The Hall–Kier alpha value is 0.430. The molecule has 1 aromatic heterocycles. The van der Waals surface area contributed by atoms with Gasteiger partial charge in [-0.2, -0.15) is 0 Å². The van der Waals surface area contributed by atoms with Crippen LogP contribution < -0.4 is 5.32 Å². The Labute approximate surface area is 121 Å². The van der Waals surface area contributed by atoms with E-state index in [1.165, 1.54) is 37.0 Å². The van der Waals surface area contributed by atoms with Crippen LogP contribution in [0.4, 0.5) is 0 Å². The molecule has 1 saturated carbocycles. The number of thiophene rings is 1. The van der Waals surface area contributed by atoms with Gasteiger partial charge in [-0.05, 0) is 40.8 Å². The molecule has 96 valence electrons. The minimum absolute atomic E-state index is 0.702. The van der Waals surface area contributed by atoms with Crippen LogP contribution in [0.3, 0.4) is 0 Å². The third-order valence-corrected chi connectivity index (χ3v) is 6.14. The summed E-state index contributed by atoms with van der Waals surface area (Å²) in [5.41, 5.74) is 0. The normalized spacial score (nSPS) is 25.1. The number of halogens is 2. The summed E-state index contributed by atoms with van der Waals surface area (Å²) in [7, 11) is 0. The first kappa shape index (κ1) is 13.9. The SMILES string of the molecule is CCC1CCCCC1NCc1cc(Br)c(Cl)s1. The largest absolute Gasteiger partial charge is 0.309 e. The molecule has 0 saturated heterocycles. The highest BCUT2D eigenvalue weighted by atomic mass is 79.9. The Morgan fingerprint density at radius 1 is 1.47 bits per heavy atom. The molecule has 0 amide bonds. The van der Waals surface area contributed by atoms with Gasteiger partial charge in [-0.1, -0.05) is 37.8 Å². The fourth-order valence-corrected chi connectivity index (χ4v) is 4.42. The van der Waals surface area contributed by atoms with Gasteiger partial charge in [0.1, 0.15) is 4.34 Å². The van der Waals surface area contributed by atoms with Crippen LogP contribution in [0.15, 0.2) is 10.5 Å². The number of hydrogen-bond donors (Lipinski definition) is 1. The van der Waals surface area contributed by atoms with Crippen LogP contribution in [-0.2, 0) is 6.54 Å². The molecule has 1 aliphatic rings. The Morgan fingerprint density at radius 3 is 2.88 bits per heavy atom. The molecule has 4 heteroatoms. The molecule has 0 spiro atoms. The smallest absolute Gasteiger partial charge is 0.107 e. The monoisotopic (exact) mass is 335 g/mol. The van der Waals surface area contributed by atoms with Crippen molar-refractivity contribution in [2.45, 2.75) is 51.6 Å². The lowest BCUT2D eigenvalue weighted by molar-refractivity contribution is 0.255. The lowest BCUT2D eigenvalue weighted by Gasteiger charge is -2.31. The van der Waals surface area contributed by atoms with Crippen molar-refractivity contribution < 1.29 is 0 Å². The Balaban J connectivity index is 1.88. The molecule has 0 radical (unpaired) electrons. The first-order valence-corrected chi connectivity index (χ1v) is 8.36. The predicted octanol–water partition coefficient (Wildman–Crippen LogP) is 5.22. The molecule has 1 N–H and O–H groups in total.